The maximum Gasteiger partial charge on any atom is 0.326 e. The van der Waals surface area contributed by atoms with Crippen molar-refractivity contribution in [3.8, 4) is 0 Å². The molecule has 1 heterocycles. The second-order valence-electron chi connectivity index (χ2n) is 6.42. The molecular weight excluding hydrogens is 294 g/mol. The summed E-state index contributed by atoms with van der Waals surface area (Å²) in [6, 6.07) is 3.27. The molecule has 1 N–H and O–H groups in total. The zero-order valence-corrected chi connectivity index (χ0v) is 13.6. The van der Waals surface area contributed by atoms with Gasteiger partial charge in [-0.1, -0.05) is 0 Å². The predicted octanol–water partition coefficient (Wildman–Crippen LogP) is 3.06. The number of nitrogens with zero attached hydrogens (tertiary/aromatic N) is 1. The molecule has 0 radical (unpaired) electrons. The highest BCUT2D eigenvalue weighted by atomic mass is 16.4. The molecule has 1 amide bonds. The number of aliphatic carboxylic acids is 1. The van der Waals surface area contributed by atoms with Crippen molar-refractivity contribution < 1.29 is 19.1 Å². The van der Waals surface area contributed by atoms with Crippen LogP contribution in [0, 0.1) is 13.8 Å². The number of carbonyl (C=O) groups is 2. The van der Waals surface area contributed by atoms with E-state index < -0.39 is 12.0 Å². The number of aryl methyl sites for hydroxylation is 2. The average Bonchev–Trinajstić information content (AvgIpc) is 3.25. The Morgan fingerprint density at radius 3 is 2.57 bits per heavy atom. The van der Waals surface area contributed by atoms with Crippen LogP contribution in [0.4, 0.5) is 0 Å². The van der Waals surface area contributed by atoms with Crippen LogP contribution in [0.2, 0.25) is 0 Å². The van der Waals surface area contributed by atoms with Crippen LogP contribution in [0.3, 0.4) is 0 Å². The van der Waals surface area contributed by atoms with E-state index >= 15 is 0 Å². The number of hydrogen-bond donors (Lipinski definition) is 1. The summed E-state index contributed by atoms with van der Waals surface area (Å²) in [5.74, 6) is -1.11. The molecule has 0 aliphatic heterocycles. The molecule has 5 heteroatoms. The van der Waals surface area contributed by atoms with Crippen LogP contribution in [-0.2, 0) is 16.0 Å². The van der Waals surface area contributed by atoms with E-state index in [-0.39, 0.29) is 18.4 Å². The molecule has 1 aromatic heterocycles. The molecule has 122 valence electrons. The number of hydrogen-bond acceptors (Lipinski definition) is 3. The van der Waals surface area contributed by atoms with Gasteiger partial charge in [-0.15, -0.1) is 0 Å². The monoisotopic (exact) mass is 315 g/mol. The fourth-order valence-corrected chi connectivity index (χ4v) is 2.93. The van der Waals surface area contributed by atoms with Gasteiger partial charge < -0.3 is 14.4 Å². The average molecular weight is 315 g/mol. The Labute approximate surface area is 134 Å². The van der Waals surface area contributed by atoms with E-state index in [4.69, 9.17) is 4.42 Å². The van der Waals surface area contributed by atoms with Crippen molar-refractivity contribution in [2.75, 3.05) is 0 Å². The van der Waals surface area contributed by atoms with E-state index in [1.165, 1.54) is 4.90 Å². The predicted molar refractivity (Wildman–Crippen MR) is 86.4 cm³/mol. The molecule has 3 rings (SSSR count). The summed E-state index contributed by atoms with van der Waals surface area (Å²) in [6.07, 6.45) is 3.54. The summed E-state index contributed by atoms with van der Waals surface area (Å²) >= 11 is 0. The molecule has 1 saturated carbocycles. The van der Waals surface area contributed by atoms with Crippen molar-refractivity contribution in [1.29, 1.82) is 0 Å². The van der Waals surface area contributed by atoms with E-state index in [1.807, 2.05) is 26.0 Å². The number of benzene rings is 1. The van der Waals surface area contributed by atoms with Gasteiger partial charge >= 0.3 is 5.97 Å². The minimum absolute atomic E-state index is 0.0655. The zero-order valence-electron chi connectivity index (χ0n) is 13.6. The lowest BCUT2D eigenvalue weighted by atomic mass is 10.0. The van der Waals surface area contributed by atoms with Gasteiger partial charge in [0.1, 0.15) is 11.6 Å². The third-order valence-corrected chi connectivity index (χ3v) is 4.61. The van der Waals surface area contributed by atoms with Crippen LogP contribution in [-0.4, -0.2) is 34.0 Å². The molecule has 2 aromatic rings. The van der Waals surface area contributed by atoms with Crippen molar-refractivity contribution in [1.82, 2.24) is 4.90 Å². The highest BCUT2D eigenvalue weighted by Crippen LogP contribution is 2.31. The smallest absolute Gasteiger partial charge is 0.326 e. The zero-order chi connectivity index (χ0) is 16.7. The normalized spacial score (nSPS) is 15.6. The van der Waals surface area contributed by atoms with Gasteiger partial charge in [0.15, 0.2) is 0 Å². The first-order valence-electron chi connectivity index (χ1n) is 7.89. The lowest BCUT2D eigenvalue weighted by molar-refractivity contribution is -0.149. The van der Waals surface area contributed by atoms with E-state index in [0.29, 0.717) is 0 Å². The van der Waals surface area contributed by atoms with Crippen molar-refractivity contribution in [3.05, 3.63) is 35.1 Å². The van der Waals surface area contributed by atoms with Crippen molar-refractivity contribution in [3.63, 3.8) is 0 Å². The van der Waals surface area contributed by atoms with E-state index in [2.05, 4.69) is 0 Å². The SMILES string of the molecule is Cc1cc2occ(CC(=O)N(C3CC3)C(C)C(=O)O)c2cc1C. The van der Waals surface area contributed by atoms with Crippen molar-refractivity contribution in [2.24, 2.45) is 0 Å². The number of fused-ring (bicyclic) bond motifs is 1. The molecule has 1 unspecified atom stereocenters. The first-order chi connectivity index (χ1) is 10.9. The Bertz CT molecular complexity index is 773. The van der Waals surface area contributed by atoms with E-state index in [9.17, 15) is 14.7 Å². The Balaban J connectivity index is 1.87. The Hall–Kier alpha value is -2.30. The van der Waals surface area contributed by atoms with Crippen molar-refractivity contribution in [2.45, 2.75) is 52.1 Å². The number of carbonyl (C=O) groups excluding carboxylic acids is 1. The van der Waals surface area contributed by atoms with Gasteiger partial charge in [-0.2, -0.15) is 0 Å². The van der Waals surface area contributed by atoms with Gasteiger partial charge in [-0.3, -0.25) is 4.79 Å². The fourth-order valence-electron chi connectivity index (χ4n) is 2.93. The molecular formula is C18H21NO4. The van der Waals surface area contributed by atoms with Crippen LogP contribution >= 0.6 is 0 Å². The van der Waals surface area contributed by atoms with Gasteiger partial charge in [0.2, 0.25) is 5.91 Å². The standard InChI is InChI=1S/C18H21NO4/c1-10-6-15-13(9-23-16(15)7-11(10)2)8-17(20)19(14-4-5-14)12(3)18(21)22/h6-7,9,12,14H,4-5,8H2,1-3H3,(H,21,22). The molecule has 0 bridgehead atoms. The number of amides is 1. The van der Waals surface area contributed by atoms with Crippen LogP contribution in [0.5, 0.6) is 0 Å². The lowest BCUT2D eigenvalue weighted by Crippen LogP contribution is -2.45. The van der Waals surface area contributed by atoms with E-state index in [1.54, 1.807) is 13.2 Å². The maximum atomic E-state index is 12.7. The largest absolute Gasteiger partial charge is 0.480 e. The van der Waals surface area contributed by atoms with Crippen LogP contribution in [0.1, 0.15) is 36.5 Å². The summed E-state index contributed by atoms with van der Waals surface area (Å²) in [6.45, 7) is 5.61. The molecule has 1 atom stereocenters. The van der Waals surface area contributed by atoms with Gasteiger partial charge in [-0.05, 0) is 56.9 Å². The summed E-state index contributed by atoms with van der Waals surface area (Å²) in [7, 11) is 0. The second-order valence-corrected chi connectivity index (χ2v) is 6.42. The Morgan fingerprint density at radius 2 is 1.96 bits per heavy atom. The van der Waals surface area contributed by atoms with Crippen LogP contribution in [0.15, 0.2) is 22.8 Å². The molecule has 1 fully saturated rings. The van der Waals surface area contributed by atoms with Gasteiger partial charge in [0.25, 0.3) is 0 Å². The molecule has 1 aromatic carbocycles. The highest BCUT2D eigenvalue weighted by molar-refractivity contribution is 5.90. The summed E-state index contributed by atoms with van der Waals surface area (Å²) in [4.78, 5) is 25.4. The fraction of sp³-hybridized carbons (Fsp3) is 0.444. The van der Waals surface area contributed by atoms with Gasteiger partial charge in [0, 0.05) is 17.0 Å². The third kappa shape index (κ3) is 2.96. The number of furan rings is 1. The summed E-state index contributed by atoms with van der Waals surface area (Å²) in [5.41, 5.74) is 3.87. The topological polar surface area (TPSA) is 70.8 Å². The molecule has 23 heavy (non-hydrogen) atoms. The summed E-state index contributed by atoms with van der Waals surface area (Å²) in [5, 5.41) is 10.2. The maximum absolute atomic E-state index is 12.7. The minimum Gasteiger partial charge on any atom is -0.480 e. The first-order valence-corrected chi connectivity index (χ1v) is 7.89. The lowest BCUT2D eigenvalue weighted by Gasteiger charge is -2.26. The molecule has 0 saturated heterocycles. The van der Waals surface area contributed by atoms with Crippen LogP contribution < -0.4 is 0 Å². The minimum atomic E-state index is -0.964. The molecule has 5 nitrogen and oxygen atoms in total. The molecule has 1 aliphatic rings. The van der Waals surface area contributed by atoms with Crippen LogP contribution in [0.25, 0.3) is 11.0 Å². The van der Waals surface area contributed by atoms with Crippen molar-refractivity contribution >= 4 is 22.8 Å². The number of rotatable bonds is 5. The molecule has 1 aliphatic carbocycles. The second kappa shape index (κ2) is 5.72. The van der Waals surface area contributed by atoms with Gasteiger partial charge in [0.05, 0.1) is 12.7 Å². The third-order valence-electron chi connectivity index (χ3n) is 4.61. The summed E-state index contributed by atoms with van der Waals surface area (Å²) < 4.78 is 5.56. The quantitative estimate of drug-likeness (QED) is 0.920. The van der Waals surface area contributed by atoms with Gasteiger partial charge in [-0.25, -0.2) is 4.79 Å². The van der Waals surface area contributed by atoms with E-state index in [0.717, 1.165) is 40.5 Å². The molecule has 0 spiro atoms. The Kier molecular flexibility index (Phi) is 3.88. The number of carboxylic acid groups (broad SMARTS) is 1. The number of carboxylic acids is 1. The Morgan fingerprint density at radius 1 is 1.30 bits per heavy atom. The first kappa shape index (κ1) is 15.6. The highest BCUT2D eigenvalue weighted by Gasteiger charge is 2.38.